The van der Waals surface area contributed by atoms with Crippen molar-refractivity contribution >= 4 is 14.0 Å². The van der Waals surface area contributed by atoms with E-state index in [9.17, 15) is 4.79 Å². The maximum Gasteiger partial charge on any atom is 0.312 e. The molecule has 0 aliphatic heterocycles. The maximum absolute atomic E-state index is 11.4. The minimum absolute atomic E-state index is 0.0753. The van der Waals surface area contributed by atoms with E-state index < -0.39 is 0 Å². The summed E-state index contributed by atoms with van der Waals surface area (Å²) in [5, 5.41) is 0. The van der Waals surface area contributed by atoms with Crippen LogP contribution in [0.4, 0.5) is 4.79 Å². The van der Waals surface area contributed by atoms with Gasteiger partial charge in [0.15, 0.2) is 0 Å². The number of amides is 2. The van der Waals surface area contributed by atoms with Crippen LogP contribution in [0.1, 0.15) is 0 Å². The van der Waals surface area contributed by atoms with Crippen molar-refractivity contribution in [2.45, 2.75) is 0 Å². The first kappa shape index (κ1) is 10.9. The number of carbonyl (C=O) groups is 1. The fourth-order valence-electron chi connectivity index (χ4n) is 0.710. The van der Waals surface area contributed by atoms with Crippen LogP contribution in [0.25, 0.3) is 0 Å². The van der Waals surface area contributed by atoms with Crippen molar-refractivity contribution < 1.29 is 4.79 Å². The molecule has 2 amide bonds. The van der Waals surface area contributed by atoms with E-state index in [4.69, 9.17) is 0 Å². The van der Waals surface area contributed by atoms with E-state index in [1.807, 2.05) is 14.1 Å². The molecule has 0 saturated heterocycles. The molecule has 0 aromatic carbocycles. The number of hydrogen-bond acceptors (Lipinski definition) is 2. The fraction of sp³-hybridized carbons (Fsp3) is 0.571. The molecule has 0 unspecified atom stereocenters. The Morgan fingerprint density at radius 3 is 1.92 bits per heavy atom. The van der Waals surface area contributed by atoms with Crippen molar-refractivity contribution in [2.75, 3.05) is 28.2 Å². The van der Waals surface area contributed by atoms with Gasteiger partial charge >= 0.3 is 6.03 Å². The lowest BCUT2D eigenvalue weighted by atomic mass is 10.3. The van der Waals surface area contributed by atoms with Crippen molar-refractivity contribution in [1.29, 1.82) is 0 Å². The monoisotopic (exact) mass is 169 g/mol. The second kappa shape index (κ2) is 4.04. The number of hydrogen-bond donors (Lipinski definition) is 0. The van der Waals surface area contributed by atoms with Crippen LogP contribution in [0, 0.1) is 0 Å². The van der Waals surface area contributed by atoms with Crippen LogP contribution in [0.3, 0.4) is 0 Å². The Balaban J connectivity index is 4.30. The van der Waals surface area contributed by atoms with Crippen LogP contribution in [-0.4, -0.2) is 56.8 Å². The Bertz CT molecular complexity index is 171. The van der Waals surface area contributed by atoms with E-state index in [-0.39, 0.29) is 6.03 Å². The lowest BCUT2D eigenvalue weighted by molar-refractivity contribution is 0.194. The number of carbonyl (C=O) groups excluding carboxylic acids is 1. The second-order valence-corrected chi connectivity index (χ2v) is 3.05. The quantitative estimate of drug-likeness (QED) is 0.523. The molecule has 0 saturated carbocycles. The third kappa shape index (κ3) is 2.49. The smallest absolute Gasteiger partial charge is 0.312 e. The SMILES string of the molecule is BN(C)C(=O)N(C)C(=C)N(C)C. The Kier molecular flexibility index (Phi) is 3.66. The van der Waals surface area contributed by atoms with E-state index >= 15 is 0 Å². The minimum atomic E-state index is -0.0753. The lowest BCUT2D eigenvalue weighted by Gasteiger charge is -2.28. The van der Waals surface area contributed by atoms with Crippen LogP contribution >= 0.6 is 0 Å². The van der Waals surface area contributed by atoms with Crippen LogP contribution < -0.4 is 0 Å². The molecule has 0 heterocycles. The van der Waals surface area contributed by atoms with Crippen molar-refractivity contribution in [2.24, 2.45) is 0 Å². The topological polar surface area (TPSA) is 26.8 Å². The molecule has 0 aliphatic rings. The van der Waals surface area contributed by atoms with Gasteiger partial charge in [-0.25, -0.2) is 4.79 Å². The molecule has 0 bridgehead atoms. The van der Waals surface area contributed by atoms with E-state index in [1.165, 1.54) is 9.71 Å². The zero-order valence-corrected chi connectivity index (χ0v) is 8.46. The standard InChI is InChI=1S/C7H16BN3O/c1-6(9(2)3)10(4)7(12)11(5)8/h1,8H2,2-5H3. The predicted molar refractivity (Wildman–Crippen MR) is 52.3 cm³/mol. The van der Waals surface area contributed by atoms with Crippen LogP contribution in [-0.2, 0) is 0 Å². The van der Waals surface area contributed by atoms with E-state index in [1.54, 1.807) is 27.0 Å². The van der Waals surface area contributed by atoms with Crippen molar-refractivity contribution in [3.05, 3.63) is 12.4 Å². The molecular weight excluding hydrogens is 153 g/mol. The highest BCUT2D eigenvalue weighted by molar-refractivity contribution is 6.13. The van der Waals surface area contributed by atoms with Gasteiger partial charge in [-0.15, -0.1) is 0 Å². The first-order valence-corrected chi connectivity index (χ1v) is 3.69. The average molecular weight is 169 g/mol. The molecule has 0 aliphatic carbocycles. The van der Waals surface area contributed by atoms with Crippen molar-refractivity contribution in [3.8, 4) is 0 Å². The average Bonchev–Trinajstić information content (AvgIpc) is 2.00. The van der Waals surface area contributed by atoms with Gasteiger partial charge < -0.3 is 9.71 Å². The van der Waals surface area contributed by atoms with Gasteiger partial charge in [-0.2, -0.15) is 0 Å². The Labute approximate surface area is 74.9 Å². The Morgan fingerprint density at radius 1 is 1.25 bits per heavy atom. The van der Waals surface area contributed by atoms with Crippen LogP contribution in [0.15, 0.2) is 12.4 Å². The minimum Gasteiger partial charge on any atom is -0.378 e. The lowest BCUT2D eigenvalue weighted by Crippen LogP contribution is -2.39. The third-order valence-electron chi connectivity index (χ3n) is 1.57. The summed E-state index contributed by atoms with van der Waals surface area (Å²) in [5.41, 5.74) is 0. The predicted octanol–water partition coefficient (Wildman–Crippen LogP) is -0.449. The first-order valence-electron chi connectivity index (χ1n) is 3.69. The molecule has 0 rings (SSSR count). The number of rotatable bonds is 2. The zero-order chi connectivity index (χ0) is 9.89. The molecular formula is C7H16BN3O. The van der Waals surface area contributed by atoms with Crippen LogP contribution in [0.5, 0.6) is 0 Å². The van der Waals surface area contributed by atoms with Crippen molar-refractivity contribution in [1.82, 2.24) is 14.6 Å². The summed E-state index contributed by atoms with van der Waals surface area (Å²) in [6, 6.07) is -0.0753. The normalized spacial score (nSPS) is 9.00. The molecule has 4 nitrogen and oxygen atoms in total. The number of nitrogens with zero attached hydrogens (tertiary/aromatic N) is 3. The third-order valence-corrected chi connectivity index (χ3v) is 1.57. The Morgan fingerprint density at radius 2 is 1.67 bits per heavy atom. The Hall–Kier alpha value is -1.13. The van der Waals surface area contributed by atoms with Crippen molar-refractivity contribution in [3.63, 3.8) is 0 Å². The van der Waals surface area contributed by atoms with Gasteiger partial charge in [0.2, 0.25) is 7.98 Å². The molecule has 0 atom stereocenters. The van der Waals surface area contributed by atoms with Gasteiger partial charge in [0.05, 0.1) is 0 Å². The molecule has 0 radical (unpaired) electrons. The van der Waals surface area contributed by atoms with E-state index in [0.717, 1.165) is 0 Å². The summed E-state index contributed by atoms with van der Waals surface area (Å²) < 4.78 is 0. The number of urea groups is 1. The van der Waals surface area contributed by atoms with Gasteiger partial charge in [0.25, 0.3) is 0 Å². The molecule has 0 N–H and O–H groups in total. The largest absolute Gasteiger partial charge is 0.378 e. The van der Waals surface area contributed by atoms with E-state index in [2.05, 4.69) is 6.58 Å². The summed E-state index contributed by atoms with van der Waals surface area (Å²) in [7, 11) is 8.82. The first-order chi connectivity index (χ1) is 5.37. The fourth-order valence-corrected chi connectivity index (χ4v) is 0.710. The summed E-state index contributed by atoms with van der Waals surface area (Å²) in [4.78, 5) is 16.2. The maximum atomic E-state index is 11.4. The van der Waals surface area contributed by atoms with Gasteiger partial charge in [-0.05, 0) is 7.05 Å². The second-order valence-electron chi connectivity index (χ2n) is 3.05. The molecule has 0 fully saturated rings. The van der Waals surface area contributed by atoms with Gasteiger partial charge in [-0.3, -0.25) is 4.90 Å². The highest BCUT2D eigenvalue weighted by atomic mass is 16.2. The molecule has 12 heavy (non-hydrogen) atoms. The highest BCUT2D eigenvalue weighted by Gasteiger charge is 2.13. The molecule has 0 spiro atoms. The van der Waals surface area contributed by atoms with Gasteiger partial charge in [-0.1, -0.05) is 6.58 Å². The highest BCUT2D eigenvalue weighted by Crippen LogP contribution is 2.02. The summed E-state index contributed by atoms with van der Waals surface area (Å²) in [6.45, 7) is 3.76. The summed E-state index contributed by atoms with van der Waals surface area (Å²) >= 11 is 0. The molecule has 0 aromatic heterocycles. The van der Waals surface area contributed by atoms with E-state index in [0.29, 0.717) is 5.82 Å². The molecule has 68 valence electrons. The summed E-state index contributed by atoms with van der Waals surface area (Å²) in [5.74, 6) is 0.675. The zero-order valence-electron chi connectivity index (χ0n) is 8.46. The molecule has 0 aromatic rings. The van der Waals surface area contributed by atoms with Gasteiger partial charge in [0, 0.05) is 21.1 Å². The van der Waals surface area contributed by atoms with Gasteiger partial charge in [0.1, 0.15) is 5.82 Å². The van der Waals surface area contributed by atoms with Crippen LogP contribution in [0.2, 0.25) is 0 Å². The molecule has 5 heteroatoms. The summed E-state index contributed by atoms with van der Waals surface area (Å²) in [6.07, 6.45) is 0.